The van der Waals surface area contributed by atoms with Crippen molar-refractivity contribution in [2.75, 3.05) is 25.5 Å². The molecule has 5 nitrogen and oxygen atoms in total. The number of pyridine rings is 1. The predicted molar refractivity (Wildman–Crippen MR) is 74.9 cm³/mol. The van der Waals surface area contributed by atoms with E-state index in [4.69, 9.17) is 0 Å². The van der Waals surface area contributed by atoms with Crippen molar-refractivity contribution in [3.63, 3.8) is 0 Å². The quantitative estimate of drug-likeness (QED) is 0.849. The lowest BCUT2D eigenvalue weighted by Gasteiger charge is -2.09. The molecule has 1 atom stereocenters. The Bertz CT molecular complexity index is 517. The van der Waals surface area contributed by atoms with Crippen molar-refractivity contribution in [1.29, 1.82) is 0 Å². The first-order valence-corrected chi connectivity index (χ1v) is 6.39. The predicted octanol–water partition coefficient (Wildman–Crippen LogP) is 2.08. The van der Waals surface area contributed by atoms with E-state index in [1.54, 1.807) is 0 Å². The topological polar surface area (TPSA) is 56.8 Å². The van der Waals surface area contributed by atoms with Gasteiger partial charge in [-0.05, 0) is 32.0 Å². The SMILES string of the molecule is CCCNC(C)c1nc2nc(N(C)C)ccc2[nH]1. The van der Waals surface area contributed by atoms with Crippen LogP contribution in [0.4, 0.5) is 5.82 Å². The van der Waals surface area contributed by atoms with Crippen LogP contribution in [0.15, 0.2) is 12.1 Å². The first kappa shape index (κ1) is 12.8. The van der Waals surface area contributed by atoms with Crippen molar-refractivity contribution in [2.45, 2.75) is 26.3 Å². The zero-order chi connectivity index (χ0) is 13.1. The molecule has 18 heavy (non-hydrogen) atoms. The van der Waals surface area contributed by atoms with E-state index in [2.05, 4.69) is 34.1 Å². The molecule has 2 heterocycles. The third-order valence-corrected chi connectivity index (χ3v) is 2.92. The standard InChI is InChI=1S/C13H21N5/c1-5-8-14-9(2)12-15-10-6-7-11(18(3)4)16-13(10)17-12/h6-7,9,14H,5,8H2,1-4H3,(H,15,16,17). The molecule has 0 amide bonds. The Morgan fingerprint density at radius 3 is 2.78 bits per heavy atom. The zero-order valence-electron chi connectivity index (χ0n) is 11.5. The third kappa shape index (κ3) is 2.61. The van der Waals surface area contributed by atoms with Crippen molar-refractivity contribution in [1.82, 2.24) is 20.3 Å². The Hall–Kier alpha value is -1.62. The van der Waals surface area contributed by atoms with Crippen LogP contribution in [0.25, 0.3) is 11.2 Å². The second-order valence-electron chi connectivity index (χ2n) is 4.73. The van der Waals surface area contributed by atoms with Crippen molar-refractivity contribution in [2.24, 2.45) is 0 Å². The average molecular weight is 247 g/mol. The molecule has 0 aliphatic rings. The highest BCUT2D eigenvalue weighted by atomic mass is 15.2. The maximum absolute atomic E-state index is 4.55. The molecule has 0 bridgehead atoms. The van der Waals surface area contributed by atoms with Gasteiger partial charge in [-0.3, -0.25) is 0 Å². The monoisotopic (exact) mass is 247 g/mol. The summed E-state index contributed by atoms with van der Waals surface area (Å²) >= 11 is 0. The van der Waals surface area contributed by atoms with E-state index >= 15 is 0 Å². The van der Waals surface area contributed by atoms with E-state index in [0.29, 0.717) is 0 Å². The third-order valence-electron chi connectivity index (χ3n) is 2.92. The Balaban J connectivity index is 2.26. The van der Waals surface area contributed by atoms with Crippen LogP contribution in [0.2, 0.25) is 0 Å². The van der Waals surface area contributed by atoms with Crippen molar-refractivity contribution in [3.05, 3.63) is 18.0 Å². The summed E-state index contributed by atoms with van der Waals surface area (Å²) in [6.45, 7) is 5.26. The van der Waals surface area contributed by atoms with Gasteiger partial charge in [-0.2, -0.15) is 0 Å². The number of hydrogen-bond donors (Lipinski definition) is 2. The number of rotatable bonds is 5. The van der Waals surface area contributed by atoms with E-state index in [-0.39, 0.29) is 6.04 Å². The summed E-state index contributed by atoms with van der Waals surface area (Å²) in [6, 6.07) is 4.25. The Kier molecular flexibility index (Phi) is 3.81. The van der Waals surface area contributed by atoms with Crippen LogP contribution in [-0.2, 0) is 0 Å². The van der Waals surface area contributed by atoms with Gasteiger partial charge in [-0.15, -0.1) is 0 Å². The largest absolute Gasteiger partial charge is 0.363 e. The fourth-order valence-electron chi connectivity index (χ4n) is 1.81. The first-order chi connectivity index (χ1) is 8.61. The molecule has 0 saturated heterocycles. The van der Waals surface area contributed by atoms with E-state index < -0.39 is 0 Å². The van der Waals surface area contributed by atoms with Gasteiger partial charge >= 0.3 is 0 Å². The molecule has 2 N–H and O–H groups in total. The van der Waals surface area contributed by atoms with E-state index in [1.807, 2.05) is 31.1 Å². The second kappa shape index (κ2) is 5.35. The van der Waals surface area contributed by atoms with Gasteiger partial charge < -0.3 is 15.2 Å². The highest BCUT2D eigenvalue weighted by Gasteiger charge is 2.11. The number of hydrogen-bond acceptors (Lipinski definition) is 4. The smallest absolute Gasteiger partial charge is 0.179 e. The highest BCUT2D eigenvalue weighted by Crippen LogP contribution is 2.17. The van der Waals surface area contributed by atoms with Gasteiger partial charge in [-0.1, -0.05) is 6.92 Å². The normalized spacial score (nSPS) is 12.9. The molecular weight excluding hydrogens is 226 g/mol. The number of aromatic nitrogens is 3. The van der Waals surface area contributed by atoms with Gasteiger partial charge in [-0.25, -0.2) is 9.97 Å². The van der Waals surface area contributed by atoms with E-state index in [1.165, 1.54) is 0 Å². The van der Waals surface area contributed by atoms with Crippen LogP contribution in [-0.4, -0.2) is 35.6 Å². The van der Waals surface area contributed by atoms with E-state index in [9.17, 15) is 0 Å². The maximum Gasteiger partial charge on any atom is 0.179 e. The van der Waals surface area contributed by atoms with Crippen molar-refractivity contribution >= 4 is 17.0 Å². The summed E-state index contributed by atoms with van der Waals surface area (Å²) in [4.78, 5) is 14.4. The van der Waals surface area contributed by atoms with Crippen molar-refractivity contribution in [3.8, 4) is 0 Å². The van der Waals surface area contributed by atoms with Crippen LogP contribution in [0.3, 0.4) is 0 Å². The molecule has 98 valence electrons. The van der Waals surface area contributed by atoms with Crippen LogP contribution in [0.5, 0.6) is 0 Å². The second-order valence-corrected chi connectivity index (χ2v) is 4.73. The molecule has 0 aromatic carbocycles. The molecule has 2 aromatic rings. The lowest BCUT2D eigenvalue weighted by atomic mass is 10.3. The number of fused-ring (bicyclic) bond motifs is 1. The molecule has 0 spiro atoms. The molecule has 0 fully saturated rings. The van der Waals surface area contributed by atoms with Crippen molar-refractivity contribution < 1.29 is 0 Å². The molecule has 5 heteroatoms. The molecule has 0 radical (unpaired) electrons. The summed E-state index contributed by atoms with van der Waals surface area (Å²) in [7, 11) is 3.96. The van der Waals surface area contributed by atoms with Gasteiger partial charge in [0.15, 0.2) is 5.65 Å². The minimum atomic E-state index is 0.224. The Labute approximate surface area is 108 Å². The van der Waals surface area contributed by atoms with Gasteiger partial charge in [0.05, 0.1) is 11.6 Å². The summed E-state index contributed by atoms with van der Waals surface area (Å²) in [5.74, 6) is 1.87. The average Bonchev–Trinajstić information content (AvgIpc) is 2.78. The zero-order valence-corrected chi connectivity index (χ0v) is 11.5. The van der Waals surface area contributed by atoms with Gasteiger partial charge in [0.2, 0.25) is 0 Å². The number of nitrogens with zero attached hydrogens (tertiary/aromatic N) is 3. The molecule has 1 unspecified atom stereocenters. The van der Waals surface area contributed by atoms with Gasteiger partial charge in [0, 0.05) is 14.1 Å². The van der Waals surface area contributed by atoms with E-state index in [0.717, 1.165) is 35.8 Å². The summed E-state index contributed by atoms with van der Waals surface area (Å²) < 4.78 is 0. The Morgan fingerprint density at radius 1 is 1.33 bits per heavy atom. The molecule has 2 aromatic heterocycles. The lowest BCUT2D eigenvalue weighted by molar-refractivity contribution is 0.550. The molecule has 0 aliphatic heterocycles. The van der Waals surface area contributed by atoms with Crippen LogP contribution >= 0.6 is 0 Å². The van der Waals surface area contributed by atoms with Gasteiger partial charge in [0.1, 0.15) is 11.6 Å². The minimum Gasteiger partial charge on any atom is -0.363 e. The summed E-state index contributed by atoms with van der Waals surface area (Å²) in [6.07, 6.45) is 1.12. The number of imidazole rings is 1. The molecule has 0 aliphatic carbocycles. The number of nitrogens with one attached hydrogen (secondary N) is 2. The summed E-state index contributed by atoms with van der Waals surface area (Å²) in [5.41, 5.74) is 1.77. The minimum absolute atomic E-state index is 0.224. The van der Waals surface area contributed by atoms with Gasteiger partial charge in [0.25, 0.3) is 0 Å². The number of aromatic amines is 1. The highest BCUT2D eigenvalue weighted by molar-refractivity contribution is 5.73. The summed E-state index contributed by atoms with van der Waals surface area (Å²) in [5, 5.41) is 3.41. The number of H-pyrrole nitrogens is 1. The Morgan fingerprint density at radius 2 is 2.11 bits per heavy atom. The van der Waals surface area contributed by atoms with Crippen LogP contribution in [0.1, 0.15) is 32.1 Å². The fourth-order valence-corrected chi connectivity index (χ4v) is 1.81. The van der Waals surface area contributed by atoms with Crippen LogP contribution < -0.4 is 10.2 Å². The molecular formula is C13H21N5. The lowest BCUT2D eigenvalue weighted by Crippen LogP contribution is -2.20. The fraction of sp³-hybridized carbons (Fsp3) is 0.538. The van der Waals surface area contributed by atoms with Crippen LogP contribution in [0, 0.1) is 0 Å². The molecule has 0 saturated carbocycles. The maximum atomic E-state index is 4.55. The number of anilines is 1. The first-order valence-electron chi connectivity index (χ1n) is 6.39. The molecule has 2 rings (SSSR count).